The van der Waals surface area contributed by atoms with E-state index in [-0.39, 0.29) is 5.69 Å². The number of anilines is 1. The molecule has 21 heavy (non-hydrogen) atoms. The molecule has 0 aliphatic carbocycles. The molecule has 0 aromatic heterocycles. The molecular formula is C15H17N3O3. The maximum atomic E-state index is 10.8. The fourth-order valence-electron chi connectivity index (χ4n) is 1.97. The molecule has 0 amide bonds. The van der Waals surface area contributed by atoms with Gasteiger partial charge < -0.3 is 10.2 Å². The van der Waals surface area contributed by atoms with Crippen molar-refractivity contribution in [3.8, 4) is 5.75 Å². The van der Waals surface area contributed by atoms with Gasteiger partial charge in [-0.15, -0.1) is 0 Å². The third-order valence-electron chi connectivity index (χ3n) is 2.99. The largest absolute Gasteiger partial charge is 0.493 e. The van der Waals surface area contributed by atoms with Crippen LogP contribution in [0.2, 0.25) is 0 Å². The van der Waals surface area contributed by atoms with Crippen LogP contribution in [0.4, 0.5) is 11.4 Å². The van der Waals surface area contributed by atoms with Gasteiger partial charge in [0.05, 0.1) is 23.3 Å². The average Bonchev–Trinajstić information content (AvgIpc) is 2.52. The van der Waals surface area contributed by atoms with Crippen molar-refractivity contribution in [2.24, 2.45) is 5.84 Å². The number of non-ortho nitro benzene ring substituents is 1. The molecule has 0 unspecified atom stereocenters. The van der Waals surface area contributed by atoms with Crippen molar-refractivity contribution >= 4 is 11.4 Å². The molecule has 6 nitrogen and oxygen atoms in total. The number of hydrazine groups is 1. The minimum absolute atomic E-state index is 0.0523. The number of nitro benzene ring substituents is 1. The Morgan fingerprint density at radius 3 is 2.62 bits per heavy atom. The van der Waals surface area contributed by atoms with Crippen molar-refractivity contribution in [1.82, 2.24) is 0 Å². The summed E-state index contributed by atoms with van der Waals surface area (Å²) in [5.41, 5.74) is 4.03. The molecule has 0 aliphatic rings. The van der Waals surface area contributed by atoms with Gasteiger partial charge in [0.2, 0.25) is 0 Å². The van der Waals surface area contributed by atoms with Crippen LogP contribution in [0.1, 0.15) is 12.0 Å². The van der Waals surface area contributed by atoms with Crippen LogP contribution < -0.4 is 16.0 Å². The van der Waals surface area contributed by atoms with Gasteiger partial charge in [-0.05, 0) is 18.4 Å². The van der Waals surface area contributed by atoms with E-state index in [2.05, 4.69) is 17.6 Å². The first-order valence-electron chi connectivity index (χ1n) is 6.62. The van der Waals surface area contributed by atoms with Crippen LogP contribution in [-0.4, -0.2) is 11.5 Å². The third-order valence-corrected chi connectivity index (χ3v) is 2.99. The number of hydrogen-bond donors (Lipinski definition) is 2. The Labute approximate surface area is 122 Å². The molecule has 2 rings (SSSR count). The zero-order chi connectivity index (χ0) is 15.1. The van der Waals surface area contributed by atoms with Crippen molar-refractivity contribution < 1.29 is 9.66 Å². The highest BCUT2D eigenvalue weighted by molar-refractivity contribution is 5.55. The minimum Gasteiger partial charge on any atom is -0.493 e. The lowest BCUT2D eigenvalue weighted by Crippen LogP contribution is -2.08. The Morgan fingerprint density at radius 2 is 1.95 bits per heavy atom. The Morgan fingerprint density at radius 1 is 1.19 bits per heavy atom. The van der Waals surface area contributed by atoms with Crippen LogP contribution in [0.3, 0.4) is 0 Å². The normalized spacial score (nSPS) is 10.1. The Hall–Kier alpha value is -2.60. The monoisotopic (exact) mass is 287 g/mol. The van der Waals surface area contributed by atoms with E-state index in [1.54, 1.807) is 6.07 Å². The first-order chi connectivity index (χ1) is 10.2. The van der Waals surface area contributed by atoms with E-state index in [1.807, 2.05) is 18.2 Å². The summed E-state index contributed by atoms with van der Waals surface area (Å²) in [6.45, 7) is 0.486. The number of ether oxygens (including phenoxy) is 1. The van der Waals surface area contributed by atoms with Crippen LogP contribution in [-0.2, 0) is 6.42 Å². The van der Waals surface area contributed by atoms with E-state index in [0.717, 1.165) is 12.8 Å². The third kappa shape index (κ3) is 4.47. The van der Waals surface area contributed by atoms with Crippen LogP contribution >= 0.6 is 0 Å². The van der Waals surface area contributed by atoms with Crippen LogP contribution in [0.5, 0.6) is 5.75 Å². The van der Waals surface area contributed by atoms with Gasteiger partial charge in [-0.3, -0.25) is 16.0 Å². The molecule has 0 bridgehead atoms. The second-order valence-corrected chi connectivity index (χ2v) is 4.55. The number of nitrogens with one attached hydrogen (secondary N) is 1. The smallest absolute Gasteiger partial charge is 0.275 e. The zero-order valence-corrected chi connectivity index (χ0v) is 11.5. The van der Waals surface area contributed by atoms with E-state index in [4.69, 9.17) is 10.6 Å². The van der Waals surface area contributed by atoms with E-state index >= 15 is 0 Å². The van der Waals surface area contributed by atoms with Gasteiger partial charge in [0, 0.05) is 12.1 Å². The van der Waals surface area contributed by atoms with E-state index in [1.165, 1.54) is 17.7 Å². The lowest BCUT2D eigenvalue weighted by atomic mass is 10.1. The van der Waals surface area contributed by atoms with E-state index in [0.29, 0.717) is 18.0 Å². The summed E-state index contributed by atoms with van der Waals surface area (Å²) in [4.78, 5) is 10.3. The Kier molecular flexibility index (Phi) is 5.11. The van der Waals surface area contributed by atoms with E-state index < -0.39 is 4.92 Å². The van der Waals surface area contributed by atoms with Gasteiger partial charge in [0.25, 0.3) is 5.69 Å². The highest BCUT2D eigenvalue weighted by atomic mass is 16.6. The SMILES string of the molecule is NNc1cc(OCCCc2ccccc2)cc([N+](=O)[O-])c1. The molecule has 6 heteroatoms. The van der Waals surface area contributed by atoms with Crippen molar-refractivity contribution in [2.45, 2.75) is 12.8 Å². The van der Waals surface area contributed by atoms with Gasteiger partial charge in [0.1, 0.15) is 5.75 Å². The summed E-state index contributed by atoms with van der Waals surface area (Å²) in [5.74, 6) is 5.73. The molecule has 0 aliphatic heterocycles. The fourth-order valence-corrected chi connectivity index (χ4v) is 1.97. The average molecular weight is 287 g/mol. The lowest BCUT2D eigenvalue weighted by Gasteiger charge is -2.08. The van der Waals surface area contributed by atoms with E-state index in [9.17, 15) is 10.1 Å². The highest BCUT2D eigenvalue weighted by Gasteiger charge is 2.10. The number of benzene rings is 2. The standard InChI is InChI=1S/C15H17N3O3/c16-17-13-9-14(18(19)20)11-15(10-13)21-8-4-7-12-5-2-1-3-6-12/h1-3,5-6,9-11,17H,4,7-8,16H2. The summed E-state index contributed by atoms with van der Waals surface area (Å²) in [7, 11) is 0. The summed E-state index contributed by atoms with van der Waals surface area (Å²) in [5, 5.41) is 10.8. The molecule has 0 saturated heterocycles. The van der Waals surface area contributed by atoms with Crippen LogP contribution in [0.15, 0.2) is 48.5 Å². The molecule has 0 atom stereocenters. The summed E-state index contributed by atoms with van der Waals surface area (Å²) < 4.78 is 5.56. The highest BCUT2D eigenvalue weighted by Crippen LogP contribution is 2.25. The van der Waals surface area contributed by atoms with Crippen molar-refractivity contribution in [2.75, 3.05) is 12.0 Å². The second-order valence-electron chi connectivity index (χ2n) is 4.55. The molecule has 0 spiro atoms. The number of hydrogen-bond acceptors (Lipinski definition) is 5. The molecule has 0 fully saturated rings. The number of rotatable bonds is 7. The maximum Gasteiger partial charge on any atom is 0.275 e. The van der Waals surface area contributed by atoms with Crippen molar-refractivity contribution in [3.05, 3.63) is 64.2 Å². The molecule has 0 radical (unpaired) electrons. The fraction of sp³-hybridized carbons (Fsp3) is 0.200. The predicted octanol–water partition coefficient (Wildman–Crippen LogP) is 2.89. The van der Waals surface area contributed by atoms with Crippen molar-refractivity contribution in [3.63, 3.8) is 0 Å². The first kappa shape index (κ1) is 14.8. The number of nitro groups is 1. The van der Waals surface area contributed by atoms with Crippen molar-refractivity contribution in [1.29, 1.82) is 0 Å². The molecule has 2 aromatic rings. The van der Waals surface area contributed by atoms with Gasteiger partial charge in [0.15, 0.2) is 0 Å². The molecular weight excluding hydrogens is 270 g/mol. The Balaban J connectivity index is 1.90. The van der Waals surface area contributed by atoms with Gasteiger partial charge >= 0.3 is 0 Å². The van der Waals surface area contributed by atoms with Gasteiger partial charge in [-0.2, -0.15) is 0 Å². The molecule has 110 valence electrons. The van der Waals surface area contributed by atoms with Gasteiger partial charge in [-0.1, -0.05) is 30.3 Å². The van der Waals surface area contributed by atoms with Crippen LogP contribution in [0, 0.1) is 10.1 Å². The summed E-state index contributed by atoms with van der Waals surface area (Å²) in [6.07, 6.45) is 1.73. The molecule has 0 heterocycles. The quantitative estimate of drug-likeness (QED) is 0.353. The first-order valence-corrected chi connectivity index (χ1v) is 6.62. The minimum atomic E-state index is -0.475. The second kappa shape index (κ2) is 7.25. The predicted molar refractivity (Wildman–Crippen MR) is 81.2 cm³/mol. The lowest BCUT2D eigenvalue weighted by molar-refractivity contribution is -0.384. The molecule has 3 N–H and O–H groups in total. The summed E-state index contributed by atoms with van der Waals surface area (Å²) >= 11 is 0. The molecule has 2 aromatic carbocycles. The number of aryl methyl sites for hydroxylation is 1. The zero-order valence-electron chi connectivity index (χ0n) is 11.5. The number of nitrogen functional groups attached to an aromatic ring is 1. The summed E-state index contributed by atoms with van der Waals surface area (Å²) in [6, 6.07) is 14.5. The van der Waals surface area contributed by atoms with Crippen LogP contribution in [0.25, 0.3) is 0 Å². The Bertz CT molecular complexity index is 602. The molecule has 0 saturated carbocycles. The number of nitrogens with zero attached hydrogens (tertiary/aromatic N) is 1. The van der Waals surface area contributed by atoms with Gasteiger partial charge in [-0.25, -0.2) is 0 Å². The maximum absolute atomic E-state index is 10.8. The number of nitrogens with two attached hydrogens (primary N) is 1. The topological polar surface area (TPSA) is 90.4 Å².